The molecule has 0 N–H and O–H groups in total. The summed E-state index contributed by atoms with van der Waals surface area (Å²) < 4.78 is 2.30. The van der Waals surface area contributed by atoms with Crippen molar-refractivity contribution >= 4 is 11.0 Å². The Hall–Kier alpha value is -8.54. The third-order valence-electron chi connectivity index (χ3n) is 13.1. The Bertz CT molecular complexity index is 3540. The monoisotopic (exact) mass is 815 g/mol. The molecule has 2 aliphatic rings. The van der Waals surface area contributed by atoms with Gasteiger partial charge in [-0.25, -0.2) is 19.9 Å². The summed E-state index contributed by atoms with van der Waals surface area (Å²) >= 11 is 0. The molecular weight excluding hydrogens is 779 g/mol. The number of aromatic nitrogens is 5. The van der Waals surface area contributed by atoms with Gasteiger partial charge in [-0.05, 0) is 79.9 Å². The highest BCUT2D eigenvalue weighted by Gasteiger charge is 2.52. The Kier molecular flexibility index (Phi) is 8.06. The number of fused-ring (bicyclic) bond motifs is 11. The van der Waals surface area contributed by atoms with Gasteiger partial charge < -0.3 is 0 Å². The van der Waals surface area contributed by atoms with Gasteiger partial charge in [-0.15, -0.1) is 0 Å². The molecule has 5 heteroatoms. The third kappa shape index (κ3) is 5.31. The lowest BCUT2D eigenvalue weighted by molar-refractivity contribution is 0.794. The molecule has 0 saturated carbocycles. The van der Waals surface area contributed by atoms with Gasteiger partial charge in [0.2, 0.25) is 0 Å². The van der Waals surface area contributed by atoms with Crippen LogP contribution in [0.5, 0.6) is 0 Å². The van der Waals surface area contributed by atoms with Crippen molar-refractivity contribution < 1.29 is 0 Å². The molecule has 5 nitrogen and oxygen atoms in total. The fraction of sp³-hybridized carbons (Fsp3) is 0.0169. The fourth-order valence-corrected chi connectivity index (χ4v) is 10.5. The molecule has 0 saturated heterocycles. The normalized spacial score (nSPS) is 14.3. The highest BCUT2D eigenvalue weighted by atomic mass is 15.1. The van der Waals surface area contributed by atoms with Crippen LogP contribution in [-0.4, -0.2) is 24.5 Å². The molecule has 2 aromatic heterocycles. The van der Waals surface area contributed by atoms with Crippen LogP contribution in [0, 0.1) is 0 Å². The summed E-state index contributed by atoms with van der Waals surface area (Å²) in [5.41, 5.74) is 18.6. The first-order valence-corrected chi connectivity index (χ1v) is 21.7. The number of para-hydroxylation sites is 1. The van der Waals surface area contributed by atoms with E-state index in [0.717, 1.165) is 55.9 Å². The zero-order chi connectivity index (χ0) is 42.2. The van der Waals surface area contributed by atoms with Gasteiger partial charge in [0.05, 0.1) is 16.4 Å². The molecule has 298 valence electrons. The number of imidazole rings is 1. The number of hydrogen-bond acceptors (Lipinski definition) is 4. The molecule has 0 bridgehead atoms. The van der Waals surface area contributed by atoms with Crippen molar-refractivity contribution in [1.82, 2.24) is 24.5 Å². The predicted octanol–water partition coefficient (Wildman–Crippen LogP) is 13.9. The Labute approximate surface area is 370 Å². The van der Waals surface area contributed by atoms with Gasteiger partial charge in [-0.3, -0.25) is 4.57 Å². The van der Waals surface area contributed by atoms with Crippen molar-refractivity contribution in [3.8, 4) is 84.6 Å². The Morgan fingerprint density at radius 1 is 0.312 bits per heavy atom. The summed E-state index contributed by atoms with van der Waals surface area (Å²) in [6.45, 7) is 0. The Balaban J connectivity index is 1.05. The first kappa shape index (κ1) is 36.1. The van der Waals surface area contributed by atoms with Crippen LogP contribution in [0.15, 0.2) is 224 Å². The molecule has 11 aromatic rings. The number of rotatable bonds is 6. The molecule has 0 fully saturated rings. The number of hydrogen-bond donors (Lipinski definition) is 0. The van der Waals surface area contributed by atoms with Crippen molar-refractivity contribution in [3.63, 3.8) is 0 Å². The van der Waals surface area contributed by atoms with Crippen LogP contribution in [0.4, 0.5) is 0 Å². The maximum atomic E-state index is 5.25. The largest absolute Gasteiger partial charge is 0.292 e. The molecule has 2 aliphatic carbocycles. The summed E-state index contributed by atoms with van der Waals surface area (Å²) in [7, 11) is 0. The van der Waals surface area contributed by atoms with Crippen LogP contribution in [0.2, 0.25) is 0 Å². The SMILES string of the molecule is c1ccc(-c2nc(-c3ccccc3)nc(-c3cccc4c3-c3ccccc3C43c4ccccc4-c4c(-c5ccc6nc(-c7ccccc7)n(-c7ccccc7)c6c5)cccc43)n2)cc1. The first-order valence-electron chi connectivity index (χ1n) is 21.7. The van der Waals surface area contributed by atoms with Gasteiger partial charge in [0, 0.05) is 27.9 Å². The van der Waals surface area contributed by atoms with E-state index in [4.69, 9.17) is 19.9 Å². The maximum absolute atomic E-state index is 5.25. The summed E-state index contributed by atoms with van der Waals surface area (Å²) in [6.07, 6.45) is 0. The minimum absolute atomic E-state index is 0.586. The topological polar surface area (TPSA) is 56.5 Å². The molecule has 1 spiro atoms. The second-order valence-electron chi connectivity index (χ2n) is 16.5. The molecule has 13 rings (SSSR count). The van der Waals surface area contributed by atoms with Crippen molar-refractivity contribution in [3.05, 3.63) is 247 Å². The third-order valence-corrected chi connectivity index (χ3v) is 13.1. The van der Waals surface area contributed by atoms with Gasteiger partial charge in [-0.2, -0.15) is 0 Å². The number of benzene rings is 9. The lowest BCUT2D eigenvalue weighted by Crippen LogP contribution is -2.25. The van der Waals surface area contributed by atoms with Crippen molar-refractivity contribution in [2.75, 3.05) is 0 Å². The number of nitrogens with zero attached hydrogens (tertiary/aromatic N) is 5. The minimum atomic E-state index is -0.586. The summed E-state index contributed by atoms with van der Waals surface area (Å²) in [6, 6.07) is 79.7. The van der Waals surface area contributed by atoms with E-state index in [-0.39, 0.29) is 0 Å². The van der Waals surface area contributed by atoms with E-state index in [1.165, 1.54) is 44.5 Å². The fourth-order valence-electron chi connectivity index (χ4n) is 10.5. The van der Waals surface area contributed by atoms with Crippen LogP contribution in [0.25, 0.3) is 95.7 Å². The van der Waals surface area contributed by atoms with Gasteiger partial charge in [0.25, 0.3) is 0 Å². The van der Waals surface area contributed by atoms with E-state index in [2.05, 4.69) is 193 Å². The van der Waals surface area contributed by atoms with E-state index < -0.39 is 5.41 Å². The Morgan fingerprint density at radius 3 is 1.36 bits per heavy atom. The molecule has 0 amide bonds. The van der Waals surface area contributed by atoms with Crippen molar-refractivity contribution in [1.29, 1.82) is 0 Å². The lowest BCUT2D eigenvalue weighted by atomic mass is 9.70. The molecule has 1 unspecified atom stereocenters. The van der Waals surface area contributed by atoms with E-state index in [1.54, 1.807) is 0 Å². The second-order valence-corrected chi connectivity index (χ2v) is 16.5. The lowest BCUT2D eigenvalue weighted by Gasteiger charge is -2.30. The van der Waals surface area contributed by atoms with Crippen LogP contribution in [0.3, 0.4) is 0 Å². The van der Waals surface area contributed by atoms with Crippen LogP contribution in [0.1, 0.15) is 22.3 Å². The minimum Gasteiger partial charge on any atom is -0.292 e. The van der Waals surface area contributed by atoms with Gasteiger partial charge >= 0.3 is 0 Å². The summed E-state index contributed by atoms with van der Waals surface area (Å²) in [5, 5.41) is 0. The molecule has 1 atom stereocenters. The first-order chi connectivity index (χ1) is 31.8. The maximum Gasteiger partial charge on any atom is 0.164 e. The van der Waals surface area contributed by atoms with Gasteiger partial charge in [0.1, 0.15) is 5.82 Å². The molecule has 0 aliphatic heterocycles. The zero-order valence-corrected chi connectivity index (χ0v) is 34.6. The Morgan fingerprint density at radius 2 is 0.766 bits per heavy atom. The summed E-state index contributed by atoms with van der Waals surface area (Å²) in [4.78, 5) is 20.8. The molecule has 9 aromatic carbocycles. The molecule has 2 heterocycles. The highest BCUT2D eigenvalue weighted by molar-refractivity contribution is 6.03. The zero-order valence-electron chi connectivity index (χ0n) is 34.6. The predicted molar refractivity (Wildman–Crippen MR) is 258 cm³/mol. The molecular formula is C59H37N5. The van der Waals surface area contributed by atoms with E-state index in [1.807, 2.05) is 36.4 Å². The average Bonchev–Trinajstić information content (AvgIpc) is 4.02. The van der Waals surface area contributed by atoms with Crippen molar-refractivity contribution in [2.24, 2.45) is 0 Å². The second kappa shape index (κ2) is 14.3. The quantitative estimate of drug-likeness (QED) is 0.168. The average molecular weight is 816 g/mol. The van der Waals surface area contributed by atoms with Crippen LogP contribution in [-0.2, 0) is 5.41 Å². The van der Waals surface area contributed by atoms with E-state index in [0.29, 0.717) is 17.5 Å². The van der Waals surface area contributed by atoms with Crippen LogP contribution >= 0.6 is 0 Å². The van der Waals surface area contributed by atoms with E-state index >= 15 is 0 Å². The van der Waals surface area contributed by atoms with Gasteiger partial charge in [0.15, 0.2) is 17.5 Å². The molecule has 0 radical (unpaired) electrons. The van der Waals surface area contributed by atoms with Crippen LogP contribution < -0.4 is 0 Å². The highest BCUT2D eigenvalue weighted by Crippen LogP contribution is 2.65. The van der Waals surface area contributed by atoms with Crippen molar-refractivity contribution in [2.45, 2.75) is 5.41 Å². The van der Waals surface area contributed by atoms with Gasteiger partial charge in [-0.1, -0.05) is 200 Å². The standard InChI is InChI=1S/C59H37N5/c1-5-19-38(20-6-1)55-61-56(39-21-7-2-8-22-39)63-57(62-55)46-30-18-34-50-54(46)45-28-14-16-32-48(45)59(50)47-31-15-13-27-44(47)53-43(29-17-33-49(53)59)41-35-36-51-52(37-41)64(42-25-11-4-12-26-42)58(60-51)40-23-9-3-10-24-40/h1-37H. The van der Waals surface area contributed by atoms with E-state index in [9.17, 15) is 0 Å². The summed E-state index contributed by atoms with van der Waals surface area (Å²) in [5.74, 6) is 2.85. The smallest absolute Gasteiger partial charge is 0.164 e. The molecule has 64 heavy (non-hydrogen) atoms.